The first-order valence-electron chi connectivity index (χ1n) is 7.04. The molecule has 0 unspecified atom stereocenters. The minimum atomic E-state index is -0.132. The second-order valence-electron chi connectivity index (χ2n) is 6.20. The summed E-state index contributed by atoms with van der Waals surface area (Å²) < 4.78 is 0. The van der Waals surface area contributed by atoms with E-state index in [1.807, 2.05) is 6.07 Å². The summed E-state index contributed by atoms with van der Waals surface area (Å²) in [6.45, 7) is 9.02. The van der Waals surface area contributed by atoms with Gasteiger partial charge in [-0.05, 0) is 12.5 Å². The number of aromatic nitrogens is 2. The predicted octanol–water partition coefficient (Wildman–Crippen LogP) is 2.98. The Kier molecular flexibility index (Phi) is 4.43. The highest BCUT2D eigenvalue weighted by Crippen LogP contribution is 2.22. The molecule has 0 spiro atoms. The molecule has 0 amide bonds. The fourth-order valence-electron chi connectivity index (χ4n) is 1.85. The van der Waals surface area contributed by atoms with Crippen molar-refractivity contribution in [2.75, 3.05) is 10.7 Å². The van der Waals surface area contributed by atoms with Gasteiger partial charge in [-0.15, -0.1) is 0 Å². The SMILES string of the molecule is Cc1ccc(CNc2cc(NN)nc(C(C)(C)C)n2)cc1. The monoisotopic (exact) mass is 285 g/mol. The summed E-state index contributed by atoms with van der Waals surface area (Å²) in [7, 11) is 0. The summed E-state index contributed by atoms with van der Waals surface area (Å²) in [5, 5.41) is 3.32. The van der Waals surface area contributed by atoms with Crippen LogP contribution in [0.5, 0.6) is 0 Å². The first kappa shape index (κ1) is 15.3. The van der Waals surface area contributed by atoms with E-state index in [0.717, 1.165) is 11.6 Å². The van der Waals surface area contributed by atoms with Gasteiger partial charge < -0.3 is 10.7 Å². The molecule has 0 saturated heterocycles. The third kappa shape index (κ3) is 4.16. The van der Waals surface area contributed by atoms with Crippen molar-refractivity contribution >= 4 is 11.6 Å². The molecule has 1 aromatic carbocycles. The second kappa shape index (κ2) is 6.10. The quantitative estimate of drug-likeness (QED) is 0.595. The van der Waals surface area contributed by atoms with E-state index in [1.54, 1.807) is 0 Å². The zero-order chi connectivity index (χ0) is 15.5. The van der Waals surface area contributed by atoms with Crippen LogP contribution >= 0.6 is 0 Å². The lowest BCUT2D eigenvalue weighted by Gasteiger charge is -2.18. The Labute approximate surface area is 126 Å². The van der Waals surface area contributed by atoms with Crippen LogP contribution in [-0.2, 0) is 12.0 Å². The molecule has 0 aliphatic carbocycles. The third-order valence-corrected chi connectivity index (χ3v) is 3.14. The topological polar surface area (TPSA) is 75.9 Å². The number of nitrogens with zero attached hydrogens (tertiary/aromatic N) is 2. The molecule has 112 valence electrons. The van der Waals surface area contributed by atoms with Crippen molar-refractivity contribution in [1.82, 2.24) is 9.97 Å². The molecule has 21 heavy (non-hydrogen) atoms. The van der Waals surface area contributed by atoms with Gasteiger partial charge in [-0.2, -0.15) is 0 Å². The van der Waals surface area contributed by atoms with Crippen molar-refractivity contribution in [3.8, 4) is 0 Å². The highest BCUT2D eigenvalue weighted by Gasteiger charge is 2.19. The fourth-order valence-corrected chi connectivity index (χ4v) is 1.85. The third-order valence-electron chi connectivity index (χ3n) is 3.14. The summed E-state index contributed by atoms with van der Waals surface area (Å²) >= 11 is 0. The van der Waals surface area contributed by atoms with Gasteiger partial charge in [0.25, 0.3) is 0 Å². The largest absolute Gasteiger partial charge is 0.366 e. The predicted molar refractivity (Wildman–Crippen MR) is 87.0 cm³/mol. The summed E-state index contributed by atoms with van der Waals surface area (Å²) in [4.78, 5) is 8.97. The van der Waals surface area contributed by atoms with E-state index in [4.69, 9.17) is 5.84 Å². The molecule has 0 atom stereocenters. The number of nitrogens with one attached hydrogen (secondary N) is 2. The van der Waals surface area contributed by atoms with Gasteiger partial charge in [0, 0.05) is 18.0 Å². The minimum absolute atomic E-state index is 0.132. The lowest BCUT2D eigenvalue weighted by molar-refractivity contribution is 0.546. The van der Waals surface area contributed by atoms with Crippen molar-refractivity contribution < 1.29 is 0 Å². The summed E-state index contributed by atoms with van der Waals surface area (Å²) in [5.74, 6) is 7.62. The second-order valence-corrected chi connectivity index (χ2v) is 6.20. The van der Waals surface area contributed by atoms with Crippen LogP contribution < -0.4 is 16.6 Å². The van der Waals surface area contributed by atoms with E-state index in [2.05, 4.69) is 72.7 Å². The highest BCUT2D eigenvalue weighted by molar-refractivity contribution is 5.47. The molecule has 0 radical (unpaired) electrons. The maximum Gasteiger partial charge on any atom is 0.145 e. The normalized spacial score (nSPS) is 11.3. The summed E-state index contributed by atoms with van der Waals surface area (Å²) in [6.07, 6.45) is 0. The van der Waals surface area contributed by atoms with E-state index in [0.29, 0.717) is 12.4 Å². The number of nitrogens with two attached hydrogens (primary N) is 1. The molecule has 5 nitrogen and oxygen atoms in total. The van der Waals surface area contributed by atoms with Crippen LogP contribution in [0.25, 0.3) is 0 Å². The lowest BCUT2D eigenvalue weighted by atomic mass is 9.96. The molecule has 2 rings (SSSR count). The Morgan fingerprint density at radius 2 is 1.67 bits per heavy atom. The first-order chi connectivity index (χ1) is 9.88. The van der Waals surface area contributed by atoms with Crippen molar-refractivity contribution in [1.29, 1.82) is 0 Å². The van der Waals surface area contributed by atoms with Gasteiger partial charge in [0.15, 0.2) is 0 Å². The van der Waals surface area contributed by atoms with Crippen LogP contribution in [0.3, 0.4) is 0 Å². The maximum atomic E-state index is 5.49. The Morgan fingerprint density at radius 1 is 1.05 bits per heavy atom. The van der Waals surface area contributed by atoms with Gasteiger partial charge in [-0.3, -0.25) is 0 Å². The maximum absolute atomic E-state index is 5.49. The Morgan fingerprint density at radius 3 is 2.24 bits per heavy atom. The molecule has 0 saturated carbocycles. The summed E-state index contributed by atoms with van der Waals surface area (Å²) in [6, 6.07) is 10.2. The van der Waals surface area contributed by atoms with Crippen LogP contribution in [0, 0.1) is 6.92 Å². The van der Waals surface area contributed by atoms with E-state index in [1.165, 1.54) is 11.1 Å². The van der Waals surface area contributed by atoms with Crippen molar-refractivity contribution in [3.05, 3.63) is 47.3 Å². The molecule has 5 heteroatoms. The van der Waals surface area contributed by atoms with E-state index >= 15 is 0 Å². The first-order valence-corrected chi connectivity index (χ1v) is 7.04. The molecule has 2 aromatic rings. The molecule has 0 fully saturated rings. The molecule has 1 aromatic heterocycles. The van der Waals surface area contributed by atoms with Gasteiger partial charge in [0.2, 0.25) is 0 Å². The molecule has 4 N–H and O–H groups in total. The smallest absolute Gasteiger partial charge is 0.145 e. The Balaban J connectivity index is 2.17. The lowest BCUT2D eigenvalue weighted by Crippen LogP contribution is -2.20. The number of aryl methyl sites for hydroxylation is 1. The highest BCUT2D eigenvalue weighted by atomic mass is 15.3. The van der Waals surface area contributed by atoms with Crippen LogP contribution in [0.4, 0.5) is 11.6 Å². The van der Waals surface area contributed by atoms with Gasteiger partial charge in [0.05, 0.1) is 0 Å². The van der Waals surface area contributed by atoms with Crippen molar-refractivity contribution in [2.45, 2.75) is 39.7 Å². The van der Waals surface area contributed by atoms with Crippen LogP contribution in [0.1, 0.15) is 37.7 Å². The number of hydrazine groups is 1. The van der Waals surface area contributed by atoms with Gasteiger partial charge in [-0.25, -0.2) is 15.8 Å². The molecular weight excluding hydrogens is 262 g/mol. The molecule has 1 heterocycles. The number of anilines is 2. The van der Waals surface area contributed by atoms with E-state index in [9.17, 15) is 0 Å². The average molecular weight is 285 g/mol. The number of benzene rings is 1. The van der Waals surface area contributed by atoms with Crippen molar-refractivity contribution in [2.24, 2.45) is 5.84 Å². The number of hydrogen-bond acceptors (Lipinski definition) is 5. The zero-order valence-corrected chi connectivity index (χ0v) is 13.1. The number of rotatable bonds is 4. The Bertz CT molecular complexity index is 599. The molecule has 0 bridgehead atoms. The number of hydrogen-bond donors (Lipinski definition) is 3. The zero-order valence-electron chi connectivity index (χ0n) is 13.1. The summed E-state index contributed by atoms with van der Waals surface area (Å²) in [5.41, 5.74) is 4.92. The van der Waals surface area contributed by atoms with Crippen molar-refractivity contribution in [3.63, 3.8) is 0 Å². The van der Waals surface area contributed by atoms with E-state index in [-0.39, 0.29) is 5.41 Å². The Hall–Kier alpha value is -2.14. The van der Waals surface area contributed by atoms with Gasteiger partial charge in [0.1, 0.15) is 17.5 Å². The molecule has 0 aliphatic rings. The standard InChI is InChI=1S/C16H23N5/c1-11-5-7-12(8-6-11)10-18-13-9-14(21-17)20-15(19-13)16(2,3)4/h5-9H,10,17H2,1-4H3,(H2,18,19,20,21). The number of nitrogen functional groups attached to an aromatic ring is 1. The minimum Gasteiger partial charge on any atom is -0.366 e. The van der Waals surface area contributed by atoms with Gasteiger partial charge in [-0.1, -0.05) is 50.6 Å². The average Bonchev–Trinajstić information content (AvgIpc) is 2.45. The van der Waals surface area contributed by atoms with Crippen LogP contribution in [0.2, 0.25) is 0 Å². The van der Waals surface area contributed by atoms with Crippen LogP contribution in [0.15, 0.2) is 30.3 Å². The van der Waals surface area contributed by atoms with Gasteiger partial charge >= 0.3 is 0 Å². The fraction of sp³-hybridized carbons (Fsp3) is 0.375. The molecule has 0 aliphatic heterocycles. The molecular formula is C16H23N5. The van der Waals surface area contributed by atoms with Crippen LogP contribution in [-0.4, -0.2) is 9.97 Å². The van der Waals surface area contributed by atoms with E-state index < -0.39 is 0 Å².